The van der Waals surface area contributed by atoms with Gasteiger partial charge in [-0.25, -0.2) is 12.8 Å². The third kappa shape index (κ3) is 6.95. The number of halogens is 2. The Morgan fingerprint density at radius 3 is 2.54 bits per heavy atom. The summed E-state index contributed by atoms with van der Waals surface area (Å²) in [6.45, 7) is 4.22. The van der Waals surface area contributed by atoms with Crippen molar-refractivity contribution in [3.05, 3.63) is 64.4 Å². The van der Waals surface area contributed by atoms with E-state index in [1.807, 2.05) is 19.1 Å². The minimum absolute atomic E-state index is 0.151. The smallest absolute Gasteiger partial charge is 0.241 e. The fourth-order valence-electron chi connectivity index (χ4n) is 6.38. The molecule has 1 aliphatic carbocycles. The van der Waals surface area contributed by atoms with Gasteiger partial charge in [0.1, 0.15) is 5.82 Å². The third-order valence-electron chi connectivity index (χ3n) is 8.68. The van der Waals surface area contributed by atoms with Crippen LogP contribution < -0.4 is 16.4 Å². The average molecular weight is 607 g/mol. The summed E-state index contributed by atoms with van der Waals surface area (Å²) in [5.74, 6) is -0.945. The Morgan fingerprint density at radius 1 is 1.15 bits per heavy atom. The first kappa shape index (κ1) is 30.4. The Balaban J connectivity index is 1.33. The summed E-state index contributed by atoms with van der Waals surface area (Å²) in [4.78, 5) is 13.6. The summed E-state index contributed by atoms with van der Waals surface area (Å²) in [5, 5.41) is 6.53. The molecule has 8 nitrogen and oxygen atoms in total. The summed E-state index contributed by atoms with van der Waals surface area (Å²) in [6.07, 6.45) is 3.66. The van der Waals surface area contributed by atoms with Gasteiger partial charge in [0.2, 0.25) is 15.9 Å². The van der Waals surface area contributed by atoms with Gasteiger partial charge < -0.3 is 21.1 Å². The molecule has 224 valence electrons. The summed E-state index contributed by atoms with van der Waals surface area (Å²) < 4.78 is 48.8. The molecule has 3 fully saturated rings. The van der Waals surface area contributed by atoms with Gasteiger partial charge in [-0.05, 0) is 81.2 Å². The van der Waals surface area contributed by atoms with Crippen molar-refractivity contribution in [3.8, 4) is 0 Å². The number of ether oxygens (including phenoxy) is 1. The summed E-state index contributed by atoms with van der Waals surface area (Å²) in [7, 11) is -3.40. The van der Waals surface area contributed by atoms with Crippen LogP contribution in [0.15, 0.2) is 42.5 Å². The van der Waals surface area contributed by atoms with Gasteiger partial charge >= 0.3 is 0 Å². The van der Waals surface area contributed by atoms with Crippen molar-refractivity contribution in [2.24, 2.45) is 11.7 Å². The highest BCUT2D eigenvalue weighted by atomic mass is 35.5. The Bertz CT molecular complexity index is 1320. The minimum atomic E-state index is -3.40. The molecule has 4 atom stereocenters. The fourth-order valence-corrected chi connectivity index (χ4v) is 8.75. The van der Waals surface area contributed by atoms with E-state index in [1.54, 1.807) is 28.6 Å². The van der Waals surface area contributed by atoms with Crippen LogP contribution >= 0.6 is 11.6 Å². The van der Waals surface area contributed by atoms with Gasteiger partial charge in [0, 0.05) is 60.6 Å². The number of carbonyl (C=O) groups excluding carboxylic acids is 1. The van der Waals surface area contributed by atoms with E-state index in [0.717, 1.165) is 18.4 Å². The highest BCUT2D eigenvalue weighted by molar-refractivity contribution is 7.90. The number of hydrogen-bond acceptors (Lipinski definition) is 6. The zero-order valence-corrected chi connectivity index (χ0v) is 25.0. The molecule has 2 aromatic rings. The number of hydrogen-bond donors (Lipinski definition) is 3. The van der Waals surface area contributed by atoms with Crippen molar-refractivity contribution >= 4 is 33.2 Å². The Morgan fingerprint density at radius 2 is 1.85 bits per heavy atom. The van der Waals surface area contributed by atoms with E-state index in [9.17, 15) is 13.2 Å². The van der Waals surface area contributed by atoms with E-state index in [2.05, 4.69) is 10.6 Å². The zero-order chi connectivity index (χ0) is 29.1. The van der Waals surface area contributed by atoms with Crippen LogP contribution in [0.25, 0.3) is 0 Å². The molecule has 0 bridgehead atoms. The standard InChI is InChI=1S/C30H40ClFN4O4S/c1-19-17-34-18-23(36(19)41(38,39)24-10-11-24)9-12-25-26(32)3-2-4-27(25)35-30(37)29(33)28(21-13-15-40-16-14-21)20-5-7-22(31)8-6-20/h2-8,19,21,23-24,28-29,34H,9-18,33H2,1H3,(H,35,37)/t19-,23-,28?,29-/m0/s1. The molecule has 11 heteroatoms. The monoisotopic (exact) mass is 606 g/mol. The van der Waals surface area contributed by atoms with Crippen molar-refractivity contribution in [3.63, 3.8) is 0 Å². The van der Waals surface area contributed by atoms with Crippen molar-refractivity contribution < 1.29 is 22.3 Å². The summed E-state index contributed by atoms with van der Waals surface area (Å²) in [6, 6.07) is 10.7. The molecule has 2 saturated heterocycles. The molecule has 5 rings (SSSR count). The van der Waals surface area contributed by atoms with Crippen LogP contribution in [-0.4, -0.2) is 68.3 Å². The molecule has 41 heavy (non-hydrogen) atoms. The van der Waals surface area contributed by atoms with E-state index in [-0.39, 0.29) is 35.6 Å². The number of carbonyl (C=O) groups is 1. The third-order valence-corrected chi connectivity index (χ3v) is 11.5. The molecule has 3 aliphatic rings. The Kier molecular flexibility index (Phi) is 9.67. The molecule has 0 aromatic heterocycles. The van der Waals surface area contributed by atoms with Gasteiger partial charge in [0.25, 0.3) is 0 Å². The van der Waals surface area contributed by atoms with Gasteiger partial charge in [-0.2, -0.15) is 4.31 Å². The number of rotatable bonds is 10. The number of benzene rings is 2. The first-order valence-corrected chi connectivity index (χ1v) is 16.4. The maximum absolute atomic E-state index is 15.2. The molecule has 0 radical (unpaired) electrons. The lowest BCUT2D eigenvalue weighted by atomic mass is 9.76. The second-order valence-corrected chi connectivity index (χ2v) is 14.1. The maximum Gasteiger partial charge on any atom is 0.241 e. The molecule has 2 aliphatic heterocycles. The predicted molar refractivity (Wildman–Crippen MR) is 159 cm³/mol. The number of nitrogens with one attached hydrogen (secondary N) is 2. The van der Waals surface area contributed by atoms with Gasteiger partial charge in [0.15, 0.2) is 0 Å². The van der Waals surface area contributed by atoms with Crippen LogP contribution in [0.2, 0.25) is 5.02 Å². The van der Waals surface area contributed by atoms with E-state index in [4.69, 9.17) is 22.1 Å². The molecule has 1 unspecified atom stereocenters. The van der Waals surface area contributed by atoms with Crippen molar-refractivity contribution in [1.29, 1.82) is 0 Å². The second kappa shape index (κ2) is 13.1. The second-order valence-electron chi connectivity index (χ2n) is 11.6. The van der Waals surface area contributed by atoms with Crippen LogP contribution in [0.1, 0.15) is 56.1 Å². The van der Waals surface area contributed by atoms with Crippen molar-refractivity contribution in [2.45, 2.75) is 74.7 Å². The van der Waals surface area contributed by atoms with Crippen molar-refractivity contribution in [1.82, 2.24) is 9.62 Å². The summed E-state index contributed by atoms with van der Waals surface area (Å²) in [5.41, 5.74) is 8.29. The molecule has 2 heterocycles. The topological polar surface area (TPSA) is 114 Å². The number of nitrogens with zero attached hydrogens (tertiary/aromatic N) is 1. The van der Waals surface area contributed by atoms with Crippen LogP contribution in [0.3, 0.4) is 0 Å². The first-order valence-electron chi connectivity index (χ1n) is 14.6. The average Bonchev–Trinajstić information content (AvgIpc) is 3.81. The Labute approximate surface area is 247 Å². The normalized spacial score (nSPS) is 24.1. The van der Waals surface area contributed by atoms with E-state index >= 15 is 4.39 Å². The van der Waals surface area contributed by atoms with Gasteiger partial charge in [0.05, 0.1) is 11.3 Å². The van der Waals surface area contributed by atoms with Gasteiger partial charge in [-0.15, -0.1) is 0 Å². The van der Waals surface area contributed by atoms with Crippen molar-refractivity contribution in [2.75, 3.05) is 31.6 Å². The lowest BCUT2D eigenvalue weighted by Gasteiger charge is -2.40. The molecule has 2 aromatic carbocycles. The molecule has 1 amide bonds. The van der Waals surface area contributed by atoms with Crippen LogP contribution in [0.5, 0.6) is 0 Å². The zero-order valence-electron chi connectivity index (χ0n) is 23.4. The number of anilines is 1. The maximum atomic E-state index is 15.2. The summed E-state index contributed by atoms with van der Waals surface area (Å²) >= 11 is 6.12. The van der Waals surface area contributed by atoms with E-state index in [1.165, 1.54) is 6.07 Å². The van der Waals surface area contributed by atoms with E-state index < -0.39 is 27.8 Å². The Hall–Kier alpha value is -2.08. The van der Waals surface area contributed by atoms with Crippen LogP contribution in [0.4, 0.5) is 10.1 Å². The molecule has 1 saturated carbocycles. The molecular formula is C30H40ClFN4O4S. The number of sulfonamides is 1. The number of amides is 1. The number of nitrogens with two attached hydrogens (primary N) is 1. The first-order chi connectivity index (χ1) is 19.7. The van der Waals surface area contributed by atoms with Gasteiger partial charge in [-0.3, -0.25) is 4.79 Å². The molecule has 4 N–H and O–H groups in total. The van der Waals surface area contributed by atoms with E-state index in [0.29, 0.717) is 61.8 Å². The predicted octanol–water partition coefficient (Wildman–Crippen LogP) is 4.04. The highest BCUT2D eigenvalue weighted by Crippen LogP contribution is 2.37. The van der Waals surface area contributed by atoms with Crippen LogP contribution in [-0.2, 0) is 26.0 Å². The van der Waals surface area contributed by atoms with Gasteiger partial charge in [-0.1, -0.05) is 29.8 Å². The minimum Gasteiger partial charge on any atom is -0.381 e. The molecule has 0 spiro atoms. The highest BCUT2D eigenvalue weighted by Gasteiger charge is 2.45. The quantitative estimate of drug-likeness (QED) is 0.376. The fraction of sp³-hybridized carbons (Fsp3) is 0.567. The number of piperazine rings is 1. The SMILES string of the molecule is C[C@H]1CNC[C@H](CCc2c(F)cccc2NC(=O)[C@@H](N)C(c2ccc(Cl)cc2)C2CCOCC2)N1S(=O)(=O)C1CC1. The molecular weight excluding hydrogens is 567 g/mol. The largest absolute Gasteiger partial charge is 0.381 e. The lowest BCUT2D eigenvalue weighted by molar-refractivity contribution is -0.118. The lowest BCUT2D eigenvalue weighted by Crippen LogP contribution is -2.59. The van der Waals surface area contributed by atoms with Crippen LogP contribution in [0, 0.1) is 11.7 Å².